The Bertz CT molecular complexity index is 258. The molecule has 0 aromatic heterocycles. The number of rotatable bonds is 12. The molecule has 0 aromatic carbocycles. The van der Waals surface area contributed by atoms with Gasteiger partial charge in [-0.1, -0.05) is 20.8 Å². The first kappa shape index (κ1) is 31.9. The van der Waals surface area contributed by atoms with Crippen LogP contribution in [0.4, 0.5) is 0 Å². The number of hydrogen-bond donors (Lipinski definition) is 6. The van der Waals surface area contributed by atoms with Gasteiger partial charge in [-0.3, -0.25) is 0 Å². The van der Waals surface area contributed by atoms with Gasteiger partial charge in [-0.2, -0.15) is 0 Å². The molecular weight excluding hydrogens is 656 g/mol. The fourth-order valence-electron chi connectivity index (χ4n) is 0.302. The summed E-state index contributed by atoms with van der Waals surface area (Å²) >= 11 is -3.16. The fourth-order valence-corrected chi connectivity index (χ4v) is 2.02. The first-order valence-corrected chi connectivity index (χ1v) is 14.7. The summed E-state index contributed by atoms with van der Waals surface area (Å²) in [4.78, 5) is 56.7. The normalized spacial score (nSPS) is 7.20. The van der Waals surface area contributed by atoms with Gasteiger partial charge in [-0.25, -0.2) is 0 Å². The van der Waals surface area contributed by atoms with Crippen molar-refractivity contribution >= 4 is 104 Å². The third kappa shape index (κ3) is 83.1. The monoisotopic (exact) mass is 681 g/mol. The molecule has 0 atom stereocenters. The molecule has 0 heterocycles. The van der Waals surface area contributed by atoms with Gasteiger partial charge in [-0.15, -0.1) is 0 Å². The molecule has 0 aromatic rings. The number of carbonyl (C=O) groups is 6. The van der Waals surface area contributed by atoms with Gasteiger partial charge in [0.1, 0.15) is 0 Å². The third-order valence-corrected chi connectivity index (χ3v) is 5.28. The van der Waals surface area contributed by atoms with Crippen LogP contribution in [0.1, 0.15) is 20.8 Å². The van der Waals surface area contributed by atoms with E-state index in [0.717, 1.165) is 0 Å². The van der Waals surface area contributed by atoms with Gasteiger partial charge < -0.3 is 0 Å². The van der Waals surface area contributed by atoms with Gasteiger partial charge in [0, 0.05) is 0 Å². The first-order chi connectivity index (χ1) is 12.0. The summed E-state index contributed by atoms with van der Waals surface area (Å²) in [6, 6.07) is 0. The zero-order valence-electron chi connectivity index (χ0n) is 13.9. The number of nitrogens with one attached hydrogen (secondary N) is 6. The molecule has 0 unspecified atom stereocenters. The van der Waals surface area contributed by atoms with Crippen LogP contribution in [0.3, 0.4) is 0 Å². The van der Waals surface area contributed by atoms with E-state index in [2.05, 4.69) is 42.0 Å². The minimum absolute atomic E-state index is 0.586. The van der Waals surface area contributed by atoms with Crippen molar-refractivity contribution in [3.05, 3.63) is 5.92 Å². The Morgan fingerprint density at radius 2 is 0.600 bits per heavy atom. The van der Waals surface area contributed by atoms with Gasteiger partial charge >= 0.3 is 154 Å². The van der Waals surface area contributed by atoms with Crippen LogP contribution in [0.5, 0.6) is 0 Å². The van der Waals surface area contributed by atoms with Crippen molar-refractivity contribution in [3.63, 3.8) is 0 Å². The Morgan fingerprint density at radius 3 is 0.680 bits per heavy atom. The van der Waals surface area contributed by atoms with E-state index in [1.54, 1.807) is 0 Å². The summed E-state index contributed by atoms with van der Waals surface area (Å²) in [7, 11) is 0. The topological polar surface area (TPSA) is 175 Å². The molecule has 25 heavy (non-hydrogen) atoms. The molecule has 0 saturated carbocycles. The predicted molar refractivity (Wildman–Crippen MR) is 92.7 cm³/mol. The maximum atomic E-state index is 9.46. The third-order valence-electron chi connectivity index (χ3n) is 0.787. The first-order valence-electron chi connectivity index (χ1n) is 6.15. The van der Waals surface area contributed by atoms with Crippen LogP contribution in [-0.4, -0.2) is 104 Å². The van der Waals surface area contributed by atoms with E-state index >= 15 is 0 Å². The second-order valence-electron chi connectivity index (χ2n) is 3.45. The molecule has 0 saturated heterocycles. The van der Waals surface area contributed by atoms with Crippen LogP contribution >= 0.6 is 0 Å². The van der Waals surface area contributed by atoms with Crippen LogP contribution < -0.4 is 21.2 Å². The molecular formula is C10H21N6O6Sn3. The Balaban J connectivity index is -0.000000120. The van der Waals surface area contributed by atoms with Gasteiger partial charge in [0.2, 0.25) is 0 Å². The average molecular weight is 677 g/mol. The summed E-state index contributed by atoms with van der Waals surface area (Å²) in [5.74, 6) is 1.42. The second kappa shape index (κ2) is 38.7. The summed E-state index contributed by atoms with van der Waals surface area (Å²) in [6.07, 6.45) is 3.52. The maximum absolute atomic E-state index is 9.46. The van der Waals surface area contributed by atoms with Crippen molar-refractivity contribution in [1.29, 1.82) is 0 Å². The number of amides is 6. The van der Waals surface area contributed by atoms with Crippen LogP contribution in [0.2, 0.25) is 0 Å². The zero-order chi connectivity index (χ0) is 20.2. The van der Waals surface area contributed by atoms with Crippen LogP contribution in [-0.2, 0) is 28.8 Å². The fraction of sp³-hybridized carbons (Fsp3) is 0.300. The SMILES string of the molecule is C[C](C)C.O=C[NH][Sn][NH]C=O.O=C[NH][Sn][NH]C=O.O=C[NH][Sn][NH]C=O. The second-order valence-corrected chi connectivity index (χ2v) is 10.5. The van der Waals surface area contributed by atoms with Crippen molar-refractivity contribution < 1.29 is 28.8 Å². The van der Waals surface area contributed by atoms with Gasteiger partial charge in [0.25, 0.3) is 0 Å². The van der Waals surface area contributed by atoms with Crippen LogP contribution in [0.15, 0.2) is 0 Å². The molecule has 7 radical (unpaired) electrons. The van der Waals surface area contributed by atoms with Gasteiger partial charge in [0.05, 0.1) is 0 Å². The van der Waals surface area contributed by atoms with E-state index < -0.39 is 65.1 Å². The molecule has 0 rings (SSSR count). The Morgan fingerprint density at radius 1 is 0.480 bits per heavy atom. The zero-order valence-corrected chi connectivity index (χ0v) is 22.5. The van der Waals surface area contributed by atoms with Crippen molar-refractivity contribution in [3.8, 4) is 0 Å². The summed E-state index contributed by atoms with van der Waals surface area (Å²) in [5.41, 5.74) is 0. The van der Waals surface area contributed by atoms with Crippen LogP contribution in [0, 0.1) is 5.92 Å². The molecule has 15 heteroatoms. The van der Waals surface area contributed by atoms with E-state index in [-0.39, 0.29) is 0 Å². The van der Waals surface area contributed by atoms with E-state index in [0.29, 0.717) is 38.5 Å². The summed E-state index contributed by atoms with van der Waals surface area (Å²) < 4.78 is 14.4. The van der Waals surface area contributed by atoms with Crippen molar-refractivity contribution in [2.75, 3.05) is 0 Å². The van der Waals surface area contributed by atoms with Crippen LogP contribution in [0.25, 0.3) is 0 Å². The van der Waals surface area contributed by atoms with E-state index in [1.807, 2.05) is 0 Å². The Hall–Kier alpha value is -0.784. The van der Waals surface area contributed by atoms with Crippen molar-refractivity contribution in [2.45, 2.75) is 20.8 Å². The molecule has 139 valence electrons. The summed E-state index contributed by atoms with van der Waals surface area (Å²) in [5, 5.41) is 0. The minimum atomic E-state index is -1.05. The number of carbonyl (C=O) groups excluding carboxylic acids is 6. The molecule has 6 N–H and O–H groups in total. The molecule has 0 fully saturated rings. The van der Waals surface area contributed by atoms with Gasteiger partial charge in [-0.05, 0) is 5.92 Å². The Labute approximate surface area is 178 Å². The van der Waals surface area contributed by atoms with Crippen molar-refractivity contribution in [2.24, 2.45) is 0 Å². The molecule has 0 spiro atoms. The quantitative estimate of drug-likeness (QED) is 0.0693. The molecule has 0 aliphatic rings. The molecule has 0 aliphatic heterocycles. The predicted octanol–water partition coefficient (Wildman–Crippen LogP) is -4.34. The molecule has 12 nitrogen and oxygen atoms in total. The average Bonchev–Trinajstić information content (AvgIpc) is 2.57. The molecule has 0 bridgehead atoms. The van der Waals surface area contributed by atoms with Crippen molar-refractivity contribution in [1.82, 2.24) is 21.2 Å². The van der Waals surface area contributed by atoms with E-state index in [4.69, 9.17) is 0 Å². The van der Waals surface area contributed by atoms with Gasteiger partial charge in [0.15, 0.2) is 0 Å². The number of hydrogen-bond acceptors (Lipinski definition) is 6. The standard InChI is InChI=1S/C4H9.6CH3NO.3Sn/c1-4(2)3;6*2-1-3;;;/h1-3H3;6*1H,(H2,2,3);;;/q;;;;;;;3*+2/p-6. The molecule has 0 aliphatic carbocycles. The van der Waals surface area contributed by atoms with E-state index in [9.17, 15) is 28.8 Å². The Kier molecular flexibility index (Phi) is 49.4. The van der Waals surface area contributed by atoms with E-state index in [1.165, 1.54) is 5.92 Å². The molecule has 6 amide bonds. The summed E-state index contributed by atoms with van der Waals surface area (Å²) in [6.45, 7) is 6.25.